The van der Waals surface area contributed by atoms with E-state index in [1.165, 1.54) is 5.56 Å². The number of hydrogen-bond acceptors (Lipinski definition) is 4. The number of nitrogens with zero attached hydrogens (tertiary/aromatic N) is 4. The first-order chi connectivity index (χ1) is 15.4. The summed E-state index contributed by atoms with van der Waals surface area (Å²) in [4.78, 5) is 4.48. The van der Waals surface area contributed by atoms with E-state index in [1.807, 2.05) is 68.0 Å². The highest BCUT2D eigenvalue weighted by Crippen LogP contribution is 2.27. The summed E-state index contributed by atoms with van der Waals surface area (Å²) in [6, 6.07) is 22.3. The van der Waals surface area contributed by atoms with Crippen molar-refractivity contribution in [3.8, 4) is 16.9 Å². The molecule has 1 atom stereocenters. The number of benzene rings is 2. The van der Waals surface area contributed by atoms with Crippen LogP contribution in [0.4, 0.5) is 17.2 Å². The maximum atomic E-state index is 12.0. The van der Waals surface area contributed by atoms with E-state index in [1.54, 1.807) is 10.5 Å². The standard InChI is InChI=1S/C25H27N5OS/c1-5-32(31)29(4)22-11-9-21(10-12-22)27-25-17-20(13-14-26-25)24-16-19(3)28-30(24)23-8-6-7-18(2)15-23/h6-17H,5H2,1-4H3,(H,26,27). The fraction of sp³-hybridized carbons (Fsp3) is 0.200. The van der Waals surface area contributed by atoms with Crippen LogP contribution in [0.15, 0.2) is 72.9 Å². The van der Waals surface area contributed by atoms with Crippen LogP contribution in [0.5, 0.6) is 0 Å². The van der Waals surface area contributed by atoms with Crippen LogP contribution < -0.4 is 9.62 Å². The largest absolute Gasteiger partial charge is 0.340 e. The van der Waals surface area contributed by atoms with Gasteiger partial charge in [0.2, 0.25) is 0 Å². The number of nitrogens with one attached hydrogen (secondary N) is 1. The van der Waals surface area contributed by atoms with E-state index >= 15 is 0 Å². The molecule has 2 aromatic heterocycles. The van der Waals surface area contributed by atoms with Crippen LogP contribution in [-0.4, -0.2) is 31.8 Å². The Labute approximate surface area is 191 Å². The summed E-state index contributed by atoms with van der Waals surface area (Å²) in [6.07, 6.45) is 1.80. The van der Waals surface area contributed by atoms with Crippen molar-refractivity contribution in [2.24, 2.45) is 0 Å². The smallest absolute Gasteiger partial charge is 0.130 e. The molecular weight excluding hydrogens is 418 g/mol. The molecule has 0 saturated carbocycles. The predicted octanol–water partition coefficient (Wildman–Crippen LogP) is 5.41. The van der Waals surface area contributed by atoms with Crippen LogP contribution in [0.1, 0.15) is 18.2 Å². The van der Waals surface area contributed by atoms with Gasteiger partial charge in [-0.15, -0.1) is 0 Å². The maximum Gasteiger partial charge on any atom is 0.130 e. The Hall–Kier alpha value is -3.45. The van der Waals surface area contributed by atoms with Crippen molar-refractivity contribution >= 4 is 28.2 Å². The van der Waals surface area contributed by atoms with Gasteiger partial charge >= 0.3 is 0 Å². The van der Waals surface area contributed by atoms with Crippen LogP contribution in [0.3, 0.4) is 0 Å². The van der Waals surface area contributed by atoms with E-state index in [9.17, 15) is 4.21 Å². The van der Waals surface area contributed by atoms with Crippen LogP contribution in [0.25, 0.3) is 16.9 Å². The first-order valence-corrected chi connectivity index (χ1v) is 11.8. The number of anilines is 3. The molecule has 7 heteroatoms. The second-order valence-electron chi connectivity index (χ2n) is 7.63. The summed E-state index contributed by atoms with van der Waals surface area (Å²) in [5.74, 6) is 1.33. The highest BCUT2D eigenvalue weighted by atomic mass is 32.2. The van der Waals surface area contributed by atoms with E-state index in [0.717, 1.165) is 39.8 Å². The lowest BCUT2D eigenvalue weighted by atomic mass is 10.1. The molecule has 2 aromatic carbocycles. The van der Waals surface area contributed by atoms with Crippen molar-refractivity contribution in [3.63, 3.8) is 0 Å². The van der Waals surface area contributed by atoms with Gasteiger partial charge in [0.15, 0.2) is 0 Å². The van der Waals surface area contributed by atoms with Gasteiger partial charge in [-0.05, 0) is 74.0 Å². The quantitative estimate of drug-likeness (QED) is 0.413. The molecule has 0 aliphatic heterocycles. The number of pyridine rings is 1. The molecule has 0 saturated heterocycles. The van der Waals surface area contributed by atoms with Gasteiger partial charge in [0.1, 0.15) is 16.8 Å². The van der Waals surface area contributed by atoms with Gasteiger partial charge in [0, 0.05) is 35.9 Å². The average Bonchev–Trinajstić information content (AvgIpc) is 3.20. The van der Waals surface area contributed by atoms with Crippen molar-refractivity contribution in [1.29, 1.82) is 0 Å². The third-order valence-corrected chi connectivity index (χ3v) is 6.50. The third kappa shape index (κ3) is 4.73. The molecule has 0 bridgehead atoms. The SMILES string of the molecule is CCS(=O)N(C)c1ccc(Nc2cc(-c3cc(C)nn3-c3cccc(C)c3)ccn2)cc1. The van der Waals surface area contributed by atoms with Crippen LogP contribution >= 0.6 is 0 Å². The number of aryl methyl sites for hydroxylation is 2. The van der Waals surface area contributed by atoms with E-state index < -0.39 is 11.0 Å². The molecule has 0 radical (unpaired) electrons. The van der Waals surface area contributed by atoms with Crippen LogP contribution in [0.2, 0.25) is 0 Å². The molecule has 164 valence electrons. The highest BCUT2D eigenvalue weighted by molar-refractivity contribution is 7.86. The van der Waals surface area contributed by atoms with Gasteiger partial charge in [-0.1, -0.05) is 19.1 Å². The fourth-order valence-electron chi connectivity index (χ4n) is 3.53. The molecule has 1 N–H and O–H groups in total. The second-order valence-corrected chi connectivity index (χ2v) is 9.40. The summed E-state index contributed by atoms with van der Waals surface area (Å²) >= 11 is 0. The zero-order chi connectivity index (χ0) is 22.7. The number of rotatable bonds is 7. The summed E-state index contributed by atoms with van der Waals surface area (Å²) in [5, 5.41) is 8.07. The van der Waals surface area contributed by atoms with Gasteiger partial charge in [0.25, 0.3) is 0 Å². The van der Waals surface area contributed by atoms with Crippen LogP contribution in [0, 0.1) is 13.8 Å². The Bertz CT molecular complexity index is 1250. The second kappa shape index (κ2) is 9.36. The van der Waals surface area contributed by atoms with Crippen molar-refractivity contribution in [2.45, 2.75) is 20.8 Å². The Morgan fingerprint density at radius 2 is 1.81 bits per heavy atom. The summed E-state index contributed by atoms with van der Waals surface area (Å²) < 4.78 is 15.8. The van der Waals surface area contributed by atoms with Gasteiger partial charge in [0.05, 0.1) is 17.1 Å². The van der Waals surface area contributed by atoms with Crippen molar-refractivity contribution in [2.75, 3.05) is 22.4 Å². The molecule has 4 aromatic rings. The zero-order valence-electron chi connectivity index (χ0n) is 18.7. The monoisotopic (exact) mass is 445 g/mol. The molecule has 32 heavy (non-hydrogen) atoms. The van der Waals surface area contributed by atoms with E-state index in [2.05, 4.69) is 41.5 Å². The normalized spacial score (nSPS) is 11.9. The lowest BCUT2D eigenvalue weighted by Crippen LogP contribution is -2.21. The summed E-state index contributed by atoms with van der Waals surface area (Å²) in [7, 11) is 0.823. The van der Waals surface area contributed by atoms with Crippen LogP contribution in [-0.2, 0) is 11.0 Å². The van der Waals surface area contributed by atoms with E-state index in [0.29, 0.717) is 5.75 Å². The Morgan fingerprint density at radius 1 is 1.03 bits per heavy atom. The minimum absolute atomic E-state index is 0.589. The number of hydrogen-bond donors (Lipinski definition) is 1. The molecule has 1 unspecified atom stereocenters. The lowest BCUT2D eigenvalue weighted by Gasteiger charge is -2.17. The predicted molar refractivity (Wildman–Crippen MR) is 133 cm³/mol. The van der Waals surface area contributed by atoms with Crippen molar-refractivity contribution in [1.82, 2.24) is 14.8 Å². The third-order valence-electron chi connectivity index (χ3n) is 5.19. The molecular formula is C25H27N5OS. The minimum Gasteiger partial charge on any atom is -0.340 e. The summed E-state index contributed by atoms with van der Waals surface area (Å²) in [5.41, 5.74) is 7.04. The maximum absolute atomic E-state index is 12.0. The molecule has 0 spiro atoms. The Kier molecular flexibility index (Phi) is 6.37. The van der Waals surface area contributed by atoms with Crippen molar-refractivity contribution in [3.05, 3.63) is 84.2 Å². The van der Waals surface area contributed by atoms with Gasteiger partial charge in [-0.3, -0.25) is 4.31 Å². The molecule has 6 nitrogen and oxygen atoms in total. The molecule has 2 heterocycles. The number of aromatic nitrogens is 3. The minimum atomic E-state index is -1.02. The molecule has 0 fully saturated rings. The average molecular weight is 446 g/mol. The van der Waals surface area contributed by atoms with E-state index in [4.69, 9.17) is 5.10 Å². The highest BCUT2D eigenvalue weighted by Gasteiger charge is 2.12. The Morgan fingerprint density at radius 3 is 2.53 bits per heavy atom. The first kappa shape index (κ1) is 21.8. The lowest BCUT2D eigenvalue weighted by molar-refractivity contribution is 0.682. The summed E-state index contributed by atoms with van der Waals surface area (Å²) in [6.45, 7) is 5.99. The first-order valence-electron chi connectivity index (χ1n) is 10.5. The van der Waals surface area contributed by atoms with Crippen molar-refractivity contribution < 1.29 is 4.21 Å². The molecule has 0 amide bonds. The molecule has 4 rings (SSSR count). The van der Waals surface area contributed by atoms with Gasteiger partial charge in [-0.25, -0.2) is 13.9 Å². The van der Waals surface area contributed by atoms with E-state index in [-0.39, 0.29) is 0 Å². The molecule has 0 aliphatic rings. The van der Waals surface area contributed by atoms with Gasteiger partial charge < -0.3 is 5.32 Å². The fourth-order valence-corrected chi connectivity index (χ4v) is 4.28. The topological polar surface area (TPSA) is 63.1 Å². The Balaban J connectivity index is 1.60. The zero-order valence-corrected chi connectivity index (χ0v) is 19.6. The molecule has 0 aliphatic carbocycles. The van der Waals surface area contributed by atoms with Gasteiger partial charge in [-0.2, -0.15) is 5.10 Å².